The molecule has 1 N–H and O–H groups in total. The van der Waals surface area contributed by atoms with E-state index in [-0.39, 0.29) is 5.91 Å². The van der Waals surface area contributed by atoms with E-state index in [4.69, 9.17) is 0 Å². The van der Waals surface area contributed by atoms with Gasteiger partial charge < -0.3 is 10.2 Å². The molecule has 1 aromatic carbocycles. The van der Waals surface area contributed by atoms with Gasteiger partial charge in [-0.3, -0.25) is 4.79 Å². The van der Waals surface area contributed by atoms with Crippen molar-refractivity contribution in [3.8, 4) is 0 Å². The molecule has 0 atom stereocenters. The van der Waals surface area contributed by atoms with Crippen molar-refractivity contribution in [1.82, 2.24) is 5.32 Å². The quantitative estimate of drug-likeness (QED) is 0.908. The van der Waals surface area contributed by atoms with Crippen LogP contribution in [0.1, 0.15) is 6.92 Å². The number of hydrogen-bond acceptors (Lipinski definition) is 2. The Balaban J connectivity index is 2.67. The van der Waals surface area contributed by atoms with Crippen LogP contribution in [0, 0.1) is 0 Å². The highest BCUT2D eigenvalue weighted by Gasteiger charge is 2.09. The van der Waals surface area contributed by atoms with Gasteiger partial charge in [-0.05, 0) is 24.7 Å². The van der Waals surface area contributed by atoms with Gasteiger partial charge in [0.05, 0.1) is 6.54 Å². The molecule has 0 heterocycles. The molecule has 0 saturated carbocycles. The van der Waals surface area contributed by atoms with Gasteiger partial charge in [-0.25, -0.2) is 0 Å². The fourth-order valence-electron chi connectivity index (χ4n) is 1.18. The predicted octanol–water partition coefficient (Wildman–Crippen LogP) is 2.02. The molecule has 0 unspecified atom stereocenters. The molecule has 0 aliphatic carbocycles. The molecule has 82 valence electrons. The minimum Gasteiger partial charge on any atom is -0.314 e. The van der Waals surface area contributed by atoms with Gasteiger partial charge in [0.2, 0.25) is 5.91 Å². The SMILES string of the molecule is CCNCC(=O)N(C)c1cccc(Br)c1. The van der Waals surface area contributed by atoms with Crippen molar-refractivity contribution in [3.63, 3.8) is 0 Å². The zero-order chi connectivity index (χ0) is 11.3. The Bertz CT molecular complexity index is 341. The highest BCUT2D eigenvalue weighted by molar-refractivity contribution is 9.10. The lowest BCUT2D eigenvalue weighted by Crippen LogP contribution is -2.35. The van der Waals surface area contributed by atoms with Crippen molar-refractivity contribution >= 4 is 27.5 Å². The maximum Gasteiger partial charge on any atom is 0.240 e. The first-order valence-electron chi connectivity index (χ1n) is 4.88. The number of halogens is 1. The van der Waals surface area contributed by atoms with Gasteiger partial charge in [-0.15, -0.1) is 0 Å². The zero-order valence-corrected chi connectivity index (χ0v) is 10.5. The molecule has 15 heavy (non-hydrogen) atoms. The third kappa shape index (κ3) is 3.64. The first-order chi connectivity index (χ1) is 7.15. The van der Waals surface area contributed by atoms with E-state index in [1.165, 1.54) is 0 Å². The highest BCUT2D eigenvalue weighted by atomic mass is 79.9. The molecule has 3 nitrogen and oxygen atoms in total. The summed E-state index contributed by atoms with van der Waals surface area (Å²) in [5, 5.41) is 3.01. The number of rotatable bonds is 4. The third-order valence-electron chi connectivity index (χ3n) is 2.10. The Hall–Kier alpha value is -0.870. The third-order valence-corrected chi connectivity index (χ3v) is 2.59. The average molecular weight is 271 g/mol. The number of anilines is 1. The Kier molecular flexibility index (Phi) is 4.78. The minimum absolute atomic E-state index is 0.0648. The van der Waals surface area contributed by atoms with Crippen LogP contribution in [-0.2, 0) is 4.79 Å². The molecule has 1 aromatic rings. The van der Waals surface area contributed by atoms with Crippen LogP contribution >= 0.6 is 15.9 Å². The molecule has 0 aliphatic heterocycles. The highest BCUT2D eigenvalue weighted by Crippen LogP contribution is 2.18. The van der Waals surface area contributed by atoms with E-state index in [1.807, 2.05) is 31.2 Å². The van der Waals surface area contributed by atoms with Crippen LogP contribution in [0.4, 0.5) is 5.69 Å². The second-order valence-corrected chi connectivity index (χ2v) is 4.13. The summed E-state index contributed by atoms with van der Waals surface area (Å²) >= 11 is 3.38. The van der Waals surface area contributed by atoms with Crippen molar-refractivity contribution in [2.24, 2.45) is 0 Å². The van der Waals surface area contributed by atoms with Gasteiger partial charge in [0.1, 0.15) is 0 Å². The van der Waals surface area contributed by atoms with Crippen LogP contribution in [0.2, 0.25) is 0 Å². The summed E-state index contributed by atoms with van der Waals surface area (Å²) in [7, 11) is 1.78. The van der Waals surface area contributed by atoms with Crippen LogP contribution in [0.3, 0.4) is 0 Å². The van der Waals surface area contributed by atoms with Gasteiger partial charge in [0, 0.05) is 17.2 Å². The number of benzene rings is 1. The molecule has 1 rings (SSSR count). The molecule has 0 saturated heterocycles. The van der Waals surface area contributed by atoms with Crippen molar-refractivity contribution in [2.75, 3.05) is 25.0 Å². The summed E-state index contributed by atoms with van der Waals surface area (Å²) in [6, 6.07) is 7.68. The summed E-state index contributed by atoms with van der Waals surface area (Å²) in [6.07, 6.45) is 0. The Morgan fingerprint density at radius 3 is 2.87 bits per heavy atom. The van der Waals surface area contributed by atoms with Gasteiger partial charge >= 0.3 is 0 Å². The number of nitrogens with zero attached hydrogens (tertiary/aromatic N) is 1. The summed E-state index contributed by atoms with van der Waals surface area (Å²) in [6.45, 7) is 3.16. The fourth-order valence-corrected chi connectivity index (χ4v) is 1.57. The monoisotopic (exact) mass is 270 g/mol. The lowest BCUT2D eigenvalue weighted by Gasteiger charge is -2.17. The normalized spacial score (nSPS) is 10.1. The van der Waals surface area contributed by atoms with E-state index in [0.29, 0.717) is 6.54 Å². The lowest BCUT2D eigenvalue weighted by molar-refractivity contribution is -0.117. The number of nitrogens with one attached hydrogen (secondary N) is 1. The number of likely N-dealkylation sites (N-methyl/N-ethyl adjacent to an activating group) is 2. The van der Waals surface area contributed by atoms with Crippen molar-refractivity contribution in [2.45, 2.75) is 6.92 Å². The molecule has 0 aliphatic rings. The summed E-state index contributed by atoms with van der Waals surface area (Å²) in [5.74, 6) is 0.0648. The van der Waals surface area contributed by atoms with E-state index in [1.54, 1.807) is 11.9 Å². The van der Waals surface area contributed by atoms with Gasteiger partial charge in [-0.1, -0.05) is 28.9 Å². The van der Waals surface area contributed by atoms with E-state index in [0.717, 1.165) is 16.7 Å². The Morgan fingerprint density at radius 2 is 2.27 bits per heavy atom. The standard InChI is InChI=1S/C11H15BrN2O/c1-3-13-8-11(15)14(2)10-6-4-5-9(12)7-10/h4-7,13H,3,8H2,1-2H3. The molecule has 0 spiro atoms. The number of amides is 1. The topological polar surface area (TPSA) is 32.3 Å². The molecule has 0 aromatic heterocycles. The van der Waals surface area contributed by atoms with Gasteiger partial charge in [0.25, 0.3) is 0 Å². The number of hydrogen-bond donors (Lipinski definition) is 1. The molecule has 0 radical (unpaired) electrons. The molecule has 1 amide bonds. The van der Waals surface area contributed by atoms with Crippen LogP contribution in [-0.4, -0.2) is 26.0 Å². The maximum atomic E-state index is 11.7. The van der Waals surface area contributed by atoms with Crippen LogP contribution < -0.4 is 10.2 Å². The molecule has 4 heteroatoms. The van der Waals surface area contributed by atoms with Crippen molar-refractivity contribution < 1.29 is 4.79 Å². The number of carbonyl (C=O) groups is 1. The first-order valence-corrected chi connectivity index (χ1v) is 5.67. The second kappa shape index (κ2) is 5.88. The number of carbonyl (C=O) groups excluding carboxylic acids is 1. The van der Waals surface area contributed by atoms with E-state index in [9.17, 15) is 4.79 Å². The lowest BCUT2D eigenvalue weighted by atomic mass is 10.3. The first kappa shape index (κ1) is 12.2. The van der Waals surface area contributed by atoms with Gasteiger partial charge in [0.15, 0.2) is 0 Å². The fraction of sp³-hybridized carbons (Fsp3) is 0.364. The maximum absolute atomic E-state index is 11.7. The van der Waals surface area contributed by atoms with Crippen LogP contribution in [0.5, 0.6) is 0 Å². The zero-order valence-electron chi connectivity index (χ0n) is 8.96. The Labute approximate surface area is 98.6 Å². The summed E-state index contributed by atoms with van der Waals surface area (Å²) < 4.78 is 0.975. The molecule has 0 bridgehead atoms. The largest absolute Gasteiger partial charge is 0.314 e. The predicted molar refractivity (Wildman–Crippen MR) is 66.1 cm³/mol. The van der Waals surface area contributed by atoms with Crippen LogP contribution in [0.25, 0.3) is 0 Å². The average Bonchev–Trinajstić information content (AvgIpc) is 2.24. The smallest absolute Gasteiger partial charge is 0.240 e. The van der Waals surface area contributed by atoms with Crippen LogP contribution in [0.15, 0.2) is 28.7 Å². The summed E-state index contributed by atoms with van der Waals surface area (Å²) in [5.41, 5.74) is 0.896. The van der Waals surface area contributed by atoms with E-state index in [2.05, 4.69) is 21.2 Å². The second-order valence-electron chi connectivity index (χ2n) is 3.21. The van der Waals surface area contributed by atoms with E-state index >= 15 is 0 Å². The Morgan fingerprint density at radius 1 is 1.53 bits per heavy atom. The van der Waals surface area contributed by atoms with Crippen molar-refractivity contribution in [1.29, 1.82) is 0 Å². The van der Waals surface area contributed by atoms with E-state index < -0.39 is 0 Å². The minimum atomic E-state index is 0.0648. The molecule has 0 fully saturated rings. The summed E-state index contributed by atoms with van der Waals surface area (Å²) in [4.78, 5) is 13.3. The molecular weight excluding hydrogens is 256 g/mol. The van der Waals surface area contributed by atoms with Gasteiger partial charge in [-0.2, -0.15) is 0 Å². The van der Waals surface area contributed by atoms with Crippen molar-refractivity contribution in [3.05, 3.63) is 28.7 Å². The molecular formula is C11H15BrN2O.